The molecule has 0 radical (unpaired) electrons. The summed E-state index contributed by atoms with van der Waals surface area (Å²) in [6, 6.07) is -0.629. The number of nitrogens with zero attached hydrogens (tertiary/aromatic N) is 2. The van der Waals surface area contributed by atoms with Gasteiger partial charge in [-0.2, -0.15) is 0 Å². The normalized spacial score (nSPS) is 28.3. The van der Waals surface area contributed by atoms with E-state index in [9.17, 15) is 119 Å². The third-order valence-electron chi connectivity index (χ3n) is 19.7. The van der Waals surface area contributed by atoms with Gasteiger partial charge < -0.3 is 136 Å². The summed E-state index contributed by atoms with van der Waals surface area (Å²) in [6.07, 6.45) is -18.4. The largest absolute Gasteiger partial charge is 0.480 e. The van der Waals surface area contributed by atoms with Gasteiger partial charge in [-0.05, 0) is 55.5 Å². The Hall–Kier alpha value is -11.6. The summed E-state index contributed by atoms with van der Waals surface area (Å²) in [5.74, 6) is -22.8. The first-order valence-electron chi connectivity index (χ1n) is 37.8. The molecule has 0 unspecified atom stereocenters. The Balaban J connectivity index is 1.45. The first-order chi connectivity index (χ1) is 56.8. The van der Waals surface area contributed by atoms with E-state index >= 15 is 9.59 Å². The van der Waals surface area contributed by atoms with Crippen molar-refractivity contribution < 1.29 is 137 Å². The number of amides is 14. The molecular formula is C76H100BrN16O27+. The minimum atomic E-state index is -2.76. The number of benzene rings is 3. The maximum absolute atomic E-state index is 15.4. The number of carbonyl (C=O) groups excluding carboxylic acids is 14. The number of primary amides is 2. The number of halogens is 1. The lowest BCUT2D eigenvalue weighted by Crippen LogP contribution is -2.64. The molecule has 14 amide bonds. The number of allylic oxidation sites excluding steroid dienone is 2. The smallest absolute Gasteiger partial charge is 0.326 e. The van der Waals surface area contributed by atoms with Gasteiger partial charge >= 0.3 is 5.97 Å². The van der Waals surface area contributed by atoms with Crippen molar-refractivity contribution in [2.24, 2.45) is 11.5 Å². The maximum atomic E-state index is 15.4. The number of rotatable bonds is 18. The molecule has 120 heavy (non-hydrogen) atoms. The van der Waals surface area contributed by atoms with Crippen LogP contribution in [-0.4, -0.2) is 291 Å². The van der Waals surface area contributed by atoms with Crippen LogP contribution >= 0.6 is 15.9 Å². The minimum absolute atomic E-state index is 0.286. The molecule has 43 nitrogen and oxygen atoms in total. The molecule has 0 saturated carbocycles. The summed E-state index contributed by atoms with van der Waals surface area (Å²) in [5, 5.41) is 149. The highest BCUT2D eigenvalue weighted by molar-refractivity contribution is 9.10. The number of carbonyl (C=O) groups is 15. The number of aliphatic hydroxyl groups excluding tert-OH is 10. The Bertz CT molecular complexity index is 4390. The van der Waals surface area contributed by atoms with Crippen molar-refractivity contribution >= 4 is 111 Å². The molecule has 652 valence electrons. The van der Waals surface area contributed by atoms with E-state index in [4.69, 9.17) is 16.2 Å². The van der Waals surface area contributed by atoms with Crippen LogP contribution < -0.4 is 79.8 Å². The SMILES string of the molecule is CC(/C=C/c1ccccc1)=C\[C@H](O)[C@H]1CC(=O)N[C@@H](CO)C(=O)N[C@@H]2C[n+]3cc(n([C@@H]4O[C@H](CO)[C@H](O)[C@H](O)[C@H]4O)c3)C[C@H](NC(=O)CCC[C@@H](C(=O)O)NC(=O)[C@H](O)CNC(=O)[C@H]([C@@H](C)c3ccc(Br)cc3)NC(=O)[C@@H]([C@@H](O)C(N)=O)NC(=O)[C@H](CC(N)=O)NC2=O)C(=O)N[C@@H]([C@H](C)O)C(=O)N[C@@H](CO)C(=O)N[C@@H](Cc2ccccc2)C(=O)N1. The molecule has 7 rings (SSSR count). The number of carboxylic acids is 1. The van der Waals surface area contributed by atoms with Gasteiger partial charge in [0.2, 0.25) is 89.3 Å². The summed E-state index contributed by atoms with van der Waals surface area (Å²) in [4.78, 5) is 215. The third-order valence-corrected chi connectivity index (χ3v) is 20.2. The second-order valence-electron chi connectivity index (χ2n) is 28.9. The zero-order chi connectivity index (χ0) is 88.5. The van der Waals surface area contributed by atoms with Crippen molar-refractivity contribution in [2.75, 3.05) is 26.4 Å². The molecule has 21 atom stereocenters. The van der Waals surface area contributed by atoms with Crippen LogP contribution in [0.1, 0.15) is 87.4 Å². The van der Waals surface area contributed by atoms with Gasteiger partial charge in [-0.1, -0.05) is 119 Å². The van der Waals surface area contributed by atoms with Gasteiger partial charge in [0.15, 0.2) is 6.10 Å². The average Bonchev–Trinajstić information content (AvgIpc) is 1.59. The molecule has 3 aromatic carbocycles. The van der Waals surface area contributed by atoms with Crippen LogP contribution in [0.15, 0.2) is 120 Å². The van der Waals surface area contributed by atoms with Crippen LogP contribution in [0.25, 0.3) is 6.08 Å². The fraction of sp³-hybridized carbons (Fsp3) is 0.474. The number of ether oxygens (including phenoxy) is 1. The molecule has 4 aromatic rings. The molecule has 1 aromatic heterocycles. The Kier molecular flexibility index (Phi) is 35.9. The predicted octanol–water partition coefficient (Wildman–Crippen LogP) is -10.3. The standard InChI is InChI=1S/C76H99BrN16O27/c1-35(17-18-38-11-6-4-7-12-38)23-51(98)44-27-56(102)82-49(31-94)69(112)87-48-30-92-29-42(93(34-92)75-63(106)62(105)60(103)53(33-96)120-75)25-46(66(109)90-58(37(3)97)73(116)88-50(32-95)70(113)85-45(65(108)84-44)24-39-13-8-5-9-14-39)81-55(101)16-10-15-43(76(118)119)83-71(114)52(99)28-80-72(115)57(36(2)40-19-21-41(77)22-20-40)89-74(117)59(61(104)64(79)107)91-67(110)47(26-54(78)100)86-68(48)111/h4-9,11-14,17-23,29,34,36-37,43-53,57-63,75,94-99,103-106H,10,15-16,24-28,30-33H2,1-3H3,(H16-,78,79,80,81,82,83,84,85,86,87,88,89,90,91,100,101,102,107,108,109,110,111,112,113,114,115,116,117,118,119)/p+1/b18-17+,35-23+/t36-,37-,43-,44+,45-,46-,47-,48+,49-,50-,51-,52+,53+,57-,58-,59+,60-,61+,62-,63+,75+/m0/s1. The fourth-order valence-electron chi connectivity index (χ4n) is 13.0. The van der Waals surface area contributed by atoms with Crippen LogP contribution in [-0.2, 0) is 96.0 Å². The zero-order valence-corrected chi connectivity index (χ0v) is 66.5. The lowest BCUT2D eigenvalue weighted by atomic mass is 9.92. The van der Waals surface area contributed by atoms with Crippen molar-refractivity contribution in [2.45, 2.75) is 200 Å². The first-order valence-corrected chi connectivity index (χ1v) is 38.6. The average molecular weight is 1750 g/mol. The van der Waals surface area contributed by atoms with Gasteiger partial charge in [-0.3, -0.25) is 67.1 Å². The highest BCUT2D eigenvalue weighted by Gasteiger charge is 2.49. The fourth-order valence-corrected chi connectivity index (χ4v) is 13.2. The predicted molar refractivity (Wildman–Crippen MR) is 417 cm³/mol. The van der Waals surface area contributed by atoms with Crippen molar-refractivity contribution in [3.63, 3.8) is 0 Å². The van der Waals surface area contributed by atoms with Crippen LogP contribution in [0.3, 0.4) is 0 Å². The molecule has 27 N–H and O–H groups in total. The second-order valence-corrected chi connectivity index (χ2v) is 29.8. The molecule has 3 aliphatic rings. The molecule has 0 aliphatic carbocycles. The quantitative estimate of drug-likeness (QED) is 0.0325. The summed E-state index contributed by atoms with van der Waals surface area (Å²) in [6.45, 7) is -1.90. The zero-order valence-electron chi connectivity index (χ0n) is 65.0. The van der Waals surface area contributed by atoms with Gasteiger partial charge in [0.25, 0.3) is 5.91 Å². The number of hydrogen-bond acceptors (Lipinski definition) is 26. The lowest BCUT2D eigenvalue weighted by molar-refractivity contribution is -0.697. The minimum Gasteiger partial charge on any atom is -0.480 e. The maximum Gasteiger partial charge on any atom is 0.326 e. The Morgan fingerprint density at radius 3 is 1.79 bits per heavy atom. The highest BCUT2D eigenvalue weighted by atomic mass is 79.9. The van der Waals surface area contributed by atoms with Gasteiger partial charge in [-0.15, -0.1) is 0 Å². The number of nitrogens with two attached hydrogens (primary N) is 2. The summed E-state index contributed by atoms with van der Waals surface area (Å²) in [7, 11) is 0. The van der Waals surface area contributed by atoms with Crippen LogP contribution in [0.4, 0.5) is 0 Å². The molecular weight excluding hydrogens is 1650 g/mol. The van der Waals surface area contributed by atoms with Gasteiger partial charge in [0, 0.05) is 36.1 Å². The molecule has 3 aliphatic heterocycles. The van der Waals surface area contributed by atoms with Crippen molar-refractivity contribution in [1.29, 1.82) is 0 Å². The number of aliphatic hydroxyl groups is 10. The van der Waals surface area contributed by atoms with E-state index in [-0.39, 0.29) is 5.56 Å². The van der Waals surface area contributed by atoms with Crippen molar-refractivity contribution in [3.05, 3.63) is 142 Å². The number of β-amino-alcohol motifs (C(OH)–C–C–N with tert-alkyl or cyclic N) is 1. The van der Waals surface area contributed by atoms with Crippen LogP contribution in [0, 0.1) is 0 Å². The monoisotopic (exact) mass is 1750 g/mol. The van der Waals surface area contributed by atoms with E-state index in [2.05, 4.69) is 74.4 Å². The number of aliphatic carboxylic acids is 1. The van der Waals surface area contributed by atoms with E-state index in [1.54, 1.807) is 79.7 Å². The van der Waals surface area contributed by atoms with E-state index in [0.29, 0.717) is 21.2 Å². The Labute approximate surface area is 693 Å². The van der Waals surface area contributed by atoms with Crippen LogP contribution in [0.5, 0.6) is 0 Å². The van der Waals surface area contributed by atoms with E-state index < -0.39 is 300 Å². The first kappa shape index (κ1) is 95.6. The molecule has 1 saturated heterocycles. The van der Waals surface area contributed by atoms with Gasteiger partial charge in [0.1, 0.15) is 109 Å². The number of carboxylic acid groups (broad SMARTS) is 1. The Morgan fingerprint density at radius 2 is 1.18 bits per heavy atom. The summed E-state index contributed by atoms with van der Waals surface area (Å²) >= 11 is 3.29. The van der Waals surface area contributed by atoms with E-state index in [0.717, 1.165) is 28.6 Å². The van der Waals surface area contributed by atoms with Gasteiger partial charge in [-0.25, -0.2) is 13.9 Å². The molecule has 44 heteroatoms. The summed E-state index contributed by atoms with van der Waals surface area (Å²) < 4.78 is 8.27. The molecule has 0 spiro atoms. The number of fused-ring (bicyclic) bond motifs is 2. The van der Waals surface area contributed by atoms with Crippen molar-refractivity contribution in [1.82, 2.24) is 68.4 Å². The molecule has 4 bridgehead atoms. The number of aromatic nitrogens is 2. The van der Waals surface area contributed by atoms with Crippen LogP contribution in [0.2, 0.25) is 0 Å². The van der Waals surface area contributed by atoms with E-state index in [1.165, 1.54) is 37.3 Å². The summed E-state index contributed by atoms with van der Waals surface area (Å²) in [5.41, 5.74) is 12.4. The van der Waals surface area contributed by atoms with Crippen molar-refractivity contribution in [3.8, 4) is 0 Å². The molecule has 4 heterocycles. The third kappa shape index (κ3) is 27.2. The number of hydrogen-bond donors (Lipinski definition) is 25. The van der Waals surface area contributed by atoms with Gasteiger partial charge in [0.05, 0.1) is 51.0 Å². The number of nitrogens with one attached hydrogen (secondary N) is 12. The second kappa shape index (κ2) is 45.0. The Morgan fingerprint density at radius 1 is 0.600 bits per heavy atom. The topological polar surface area (TPSA) is 693 Å². The molecule has 1 fully saturated rings. The number of imidazole rings is 1. The highest BCUT2D eigenvalue weighted by Crippen LogP contribution is 2.30. The lowest BCUT2D eigenvalue weighted by Gasteiger charge is -2.38. The van der Waals surface area contributed by atoms with E-state index in [1.807, 2.05) is 5.32 Å².